The van der Waals surface area contributed by atoms with Gasteiger partial charge in [-0.1, -0.05) is 18.2 Å². The van der Waals surface area contributed by atoms with Crippen LogP contribution >= 0.6 is 0 Å². The van der Waals surface area contributed by atoms with Gasteiger partial charge in [-0.2, -0.15) is 0 Å². The quantitative estimate of drug-likeness (QED) is 0.574. The Morgan fingerprint density at radius 2 is 2.00 bits per heavy atom. The van der Waals surface area contributed by atoms with E-state index in [4.69, 9.17) is 0 Å². The Kier molecular flexibility index (Phi) is 1.68. The third-order valence-electron chi connectivity index (χ3n) is 3.90. The number of hydrogen-bond acceptors (Lipinski definition) is 1. The van der Waals surface area contributed by atoms with Gasteiger partial charge in [0, 0.05) is 35.5 Å². The minimum Gasteiger partial charge on any atom is -0.317 e. The second-order valence-corrected chi connectivity index (χ2v) is 4.91. The number of carbonyl (C=O) groups is 1. The maximum Gasteiger partial charge on any atom is 0.164 e. The molecule has 1 aromatic carbocycles. The predicted molar refractivity (Wildman–Crippen MR) is 65.8 cm³/mol. The van der Waals surface area contributed by atoms with Gasteiger partial charge >= 0.3 is 0 Å². The number of ketones is 1. The third kappa shape index (κ3) is 1.13. The van der Waals surface area contributed by atoms with Gasteiger partial charge in [0.25, 0.3) is 0 Å². The number of Topliss-reactive ketones (excluding diaryl/α,β-unsaturated/α-hetero) is 1. The predicted octanol–water partition coefficient (Wildman–Crippen LogP) is 2.90. The number of hydrogen-bond donors (Lipinski definition) is 0. The van der Waals surface area contributed by atoms with Crippen molar-refractivity contribution in [1.29, 1.82) is 0 Å². The molecule has 0 amide bonds. The highest BCUT2D eigenvalue weighted by atomic mass is 16.1. The zero-order valence-corrected chi connectivity index (χ0v) is 9.57. The molecule has 2 heteroatoms. The number of nitrogens with zero attached hydrogens (tertiary/aromatic N) is 1. The summed E-state index contributed by atoms with van der Waals surface area (Å²) in [5.74, 6) is 0.325. The van der Waals surface area contributed by atoms with E-state index in [1.54, 1.807) is 0 Å². The molecule has 2 nitrogen and oxygen atoms in total. The molecule has 0 spiro atoms. The van der Waals surface area contributed by atoms with Crippen LogP contribution in [0.25, 0.3) is 5.69 Å². The average Bonchev–Trinajstić information content (AvgIpc) is 2.85. The van der Waals surface area contributed by atoms with Gasteiger partial charge in [0.2, 0.25) is 0 Å². The number of carbonyl (C=O) groups excluding carboxylic acids is 1. The first-order valence-electron chi connectivity index (χ1n) is 6.19. The van der Waals surface area contributed by atoms with Crippen LogP contribution in [0.4, 0.5) is 0 Å². The summed E-state index contributed by atoms with van der Waals surface area (Å²) in [6.07, 6.45) is 3.72. The van der Waals surface area contributed by atoms with Crippen LogP contribution < -0.4 is 0 Å². The molecule has 1 aromatic heterocycles. The summed E-state index contributed by atoms with van der Waals surface area (Å²) >= 11 is 0. The van der Waals surface area contributed by atoms with Gasteiger partial charge in [-0.3, -0.25) is 4.79 Å². The van der Waals surface area contributed by atoms with Crippen LogP contribution in [0.5, 0.6) is 0 Å². The number of aromatic nitrogens is 1. The smallest absolute Gasteiger partial charge is 0.164 e. The van der Waals surface area contributed by atoms with Crippen molar-refractivity contribution < 1.29 is 4.79 Å². The molecule has 1 aliphatic carbocycles. The summed E-state index contributed by atoms with van der Waals surface area (Å²) in [4.78, 5) is 11.9. The number of para-hydroxylation sites is 1. The second kappa shape index (κ2) is 3.10. The highest BCUT2D eigenvalue weighted by Crippen LogP contribution is 2.35. The Morgan fingerprint density at radius 3 is 2.94 bits per heavy atom. The van der Waals surface area contributed by atoms with E-state index in [0.29, 0.717) is 5.78 Å². The summed E-state index contributed by atoms with van der Waals surface area (Å²) in [5, 5.41) is 0. The molecule has 0 bridgehead atoms. The minimum atomic E-state index is 0.325. The normalized spacial score (nSPS) is 16.6. The topological polar surface area (TPSA) is 22.0 Å². The lowest BCUT2D eigenvalue weighted by Gasteiger charge is -2.14. The first-order chi connectivity index (χ1) is 8.34. The van der Waals surface area contributed by atoms with E-state index in [9.17, 15) is 4.79 Å². The molecule has 0 unspecified atom stereocenters. The molecule has 84 valence electrons. The van der Waals surface area contributed by atoms with Crippen molar-refractivity contribution in [2.45, 2.75) is 25.7 Å². The lowest BCUT2D eigenvalue weighted by Crippen LogP contribution is -2.12. The summed E-state index contributed by atoms with van der Waals surface area (Å²) in [6, 6.07) is 10.6. The Bertz CT molecular complexity index is 636. The standard InChI is InChI=1S/C15H13NO/c17-15-7-3-6-14-12(15)9-11-8-10-4-1-2-5-13(10)16(11)14/h1-2,4-5,9H,3,6-8H2. The van der Waals surface area contributed by atoms with Crippen LogP contribution in [0.1, 0.15) is 40.2 Å². The largest absolute Gasteiger partial charge is 0.317 e. The van der Waals surface area contributed by atoms with E-state index in [0.717, 1.165) is 31.2 Å². The van der Waals surface area contributed by atoms with Gasteiger partial charge in [-0.15, -0.1) is 0 Å². The molecule has 4 rings (SSSR count). The molecule has 0 radical (unpaired) electrons. The Labute approximate surface area is 99.9 Å². The first kappa shape index (κ1) is 9.23. The SMILES string of the molecule is O=C1CCCc2c1cc1n2-c2ccccc2C1. The summed E-state index contributed by atoms with van der Waals surface area (Å²) in [6.45, 7) is 0. The van der Waals surface area contributed by atoms with Crippen LogP contribution in [0.2, 0.25) is 0 Å². The van der Waals surface area contributed by atoms with Crippen LogP contribution in [0.15, 0.2) is 30.3 Å². The van der Waals surface area contributed by atoms with E-state index >= 15 is 0 Å². The molecule has 2 heterocycles. The zero-order chi connectivity index (χ0) is 11.4. The molecular weight excluding hydrogens is 210 g/mol. The Morgan fingerprint density at radius 1 is 1.12 bits per heavy atom. The lowest BCUT2D eigenvalue weighted by molar-refractivity contribution is 0.0972. The van der Waals surface area contributed by atoms with Gasteiger partial charge in [-0.25, -0.2) is 0 Å². The molecule has 2 aromatic rings. The summed E-state index contributed by atoms with van der Waals surface area (Å²) in [5.41, 5.74) is 6.15. The molecule has 0 saturated heterocycles. The molecule has 0 saturated carbocycles. The maximum absolute atomic E-state index is 11.9. The molecule has 1 aliphatic heterocycles. The van der Waals surface area contributed by atoms with Crippen molar-refractivity contribution in [1.82, 2.24) is 4.57 Å². The Hall–Kier alpha value is -1.83. The fourth-order valence-corrected chi connectivity index (χ4v) is 3.15. The van der Waals surface area contributed by atoms with Crippen molar-refractivity contribution in [3.8, 4) is 5.69 Å². The Balaban J connectivity index is 2.01. The van der Waals surface area contributed by atoms with Gasteiger partial charge in [0.1, 0.15) is 0 Å². The zero-order valence-electron chi connectivity index (χ0n) is 9.57. The van der Waals surface area contributed by atoms with Gasteiger partial charge < -0.3 is 4.57 Å². The fourth-order valence-electron chi connectivity index (χ4n) is 3.15. The molecule has 2 aliphatic rings. The van der Waals surface area contributed by atoms with Crippen molar-refractivity contribution >= 4 is 5.78 Å². The monoisotopic (exact) mass is 223 g/mol. The van der Waals surface area contributed by atoms with E-state index < -0.39 is 0 Å². The van der Waals surface area contributed by atoms with E-state index in [2.05, 4.69) is 34.9 Å². The summed E-state index contributed by atoms with van der Waals surface area (Å²) < 4.78 is 2.31. The number of benzene rings is 1. The lowest BCUT2D eigenvalue weighted by atomic mass is 9.96. The first-order valence-corrected chi connectivity index (χ1v) is 6.19. The van der Waals surface area contributed by atoms with Crippen molar-refractivity contribution in [3.05, 3.63) is 52.8 Å². The highest BCUT2D eigenvalue weighted by molar-refractivity contribution is 5.98. The van der Waals surface area contributed by atoms with E-state index in [1.165, 1.54) is 22.6 Å². The fraction of sp³-hybridized carbons (Fsp3) is 0.267. The van der Waals surface area contributed by atoms with Gasteiger partial charge in [0.05, 0.1) is 0 Å². The van der Waals surface area contributed by atoms with Crippen molar-refractivity contribution in [3.63, 3.8) is 0 Å². The minimum absolute atomic E-state index is 0.325. The van der Waals surface area contributed by atoms with E-state index in [-0.39, 0.29) is 0 Å². The van der Waals surface area contributed by atoms with Crippen LogP contribution in [0, 0.1) is 0 Å². The molecule has 17 heavy (non-hydrogen) atoms. The summed E-state index contributed by atoms with van der Waals surface area (Å²) in [7, 11) is 0. The number of fused-ring (bicyclic) bond motifs is 5. The van der Waals surface area contributed by atoms with Crippen LogP contribution in [-0.4, -0.2) is 10.4 Å². The third-order valence-corrected chi connectivity index (χ3v) is 3.90. The van der Waals surface area contributed by atoms with Gasteiger partial charge in [0.15, 0.2) is 5.78 Å². The highest BCUT2D eigenvalue weighted by Gasteiger charge is 2.28. The van der Waals surface area contributed by atoms with Gasteiger partial charge in [-0.05, 0) is 30.5 Å². The van der Waals surface area contributed by atoms with Crippen molar-refractivity contribution in [2.24, 2.45) is 0 Å². The van der Waals surface area contributed by atoms with E-state index in [1.807, 2.05) is 0 Å². The number of rotatable bonds is 0. The second-order valence-electron chi connectivity index (χ2n) is 4.91. The molecule has 0 fully saturated rings. The maximum atomic E-state index is 11.9. The molecule has 0 N–H and O–H groups in total. The van der Waals surface area contributed by atoms with Crippen LogP contribution in [0.3, 0.4) is 0 Å². The van der Waals surface area contributed by atoms with Crippen LogP contribution in [-0.2, 0) is 12.8 Å². The molecular formula is C15H13NO. The van der Waals surface area contributed by atoms with Crippen molar-refractivity contribution in [2.75, 3.05) is 0 Å². The average molecular weight is 223 g/mol. The molecule has 0 atom stereocenters.